The van der Waals surface area contributed by atoms with Gasteiger partial charge < -0.3 is 10.2 Å². The number of anilines is 1. The first-order valence-electron chi connectivity index (χ1n) is 12.8. The molecule has 3 aromatic carbocycles. The van der Waals surface area contributed by atoms with Crippen LogP contribution in [0, 0.1) is 19.8 Å². The van der Waals surface area contributed by atoms with Gasteiger partial charge in [-0.05, 0) is 56.0 Å². The van der Waals surface area contributed by atoms with Gasteiger partial charge in [-0.2, -0.15) is 0 Å². The van der Waals surface area contributed by atoms with E-state index in [9.17, 15) is 18.0 Å². The van der Waals surface area contributed by atoms with E-state index in [4.69, 9.17) is 0 Å². The van der Waals surface area contributed by atoms with Crippen LogP contribution in [0.2, 0.25) is 0 Å². The fourth-order valence-electron chi connectivity index (χ4n) is 4.12. The lowest BCUT2D eigenvalue weighted by Gasteiger charge is -2.32. The van der Waals surface area contributed by atoms with E-state index < -0.39 is 28.5 Å². The molecule has 0 bridgehead atoms. The predicted molar refractivity (Wildman–Crippen MR) is 151 cm³/mol. The summed E-state index contributed by atoms with van der Waals surface area (Å²) in [5, 5.41) is 2.90. The molecular weight excluding hydrogens is 498 g/mol. The monoisotopic (exact) mass is 535 g/mol. The van der Waals surface area contributed by atoms with E-state index in [1.807, 2.05) is 51.1 Å². The number of hydrogen-bond acceptors (Lipinski definition) is 4. The van der Waals surface area contributed by atoms with Gasteiger partial charge in [0, 0.05) is 13.1 Å². The molecule has 3 aromatic rings. The van der Waals surface area contributed by atoms with Crippen LogP contribution >= 0.6 is 0 Å². The molecule has 0 unspecified atom stereocenters. The molecular formula is C30H37N3O4S. The normalized spacial score (nSPS) is 12.2. The minimum absolute atomic E-state index is 0.0870. The summed E-state index contributed by atoms with van der Waals surface area (Å²) < 4.78 is 28.7. The van der Waals surface area contributed by atoms with Gasteiger partial charge in [0.25, 0.3) is 10.0 Å². The molecule has 7 nitrogen and oxygen atoms in total. The van der Waals surface area contributed by atoms with Crippen LogP contribution in [0.1, 0.15) is 37.5 Å². The van der Waals surface area contributed by atoms with Gasteiger partial charge in [-0.3, -0.25) is 13.9 Å². The van der Waals surface area contributed by atoms with Crippen molar-refractivity contribution < 1.29 is 18.0 Å². The van der Waals surface area contributed by atoms with Gasteiger partial charge >= 0.3 is 0 Å². The van der Waals surface area contributed by atoms with Crippen molar-refractivity contribution in [1.29, 1.82) is 0 Å². The summed E-state index contributed by atoms with van der Waals surface area (Å²) in [7, 11) is -4.07. The highest BCUT2D eigenvalue weighted by Gasteiger charge is 2.33. The van der Waals surface area contributed by atoms with Crippen LogP contribution in [0.15, 0.2) is 83.8 Å². The van der Waals surface area contributed by atoms with Crippen LogP contribution in [0.3, 0.4) is 0 Å². The number of benzene rings is 3. The third-order valence-corrected chi connectivity index (χ3v) is 8.06. The van der Waals surface area contributed by atoms with Crippen LogP contribution in [0.5, 0.6) is 0 Å². The first-order chi connectivity index (χ1) is 18.0. The van der Waals surface area contributed by atoms with Gasteiger partial charge in [-0.1, -0.05) is 80.1 Å². The smallest absolute Gasteiger partial charge is 0.264 e. The van der Waals surface area contributed by atoms with Crippen molar-refractivity contribution in [3.05, 3.63) is 95.6 Å². The van der Waals surface area contributed by atoms with Gasteiger partial charge in [0.15, 0.2) is 0 Å². The maximum absolute atomic E-state index is 13.9. The number of hydrogen-bond donors (Lipinski definition) is 1. The predicted octanol–water partition coefficient (Wildman–Crippen LogP) is 4.69. The van der Waals surface area contributed by atoms with Crippen LogP contribution in [-0.2, 0) is 26.2 Å². The number of carbonyl (C=O) groups is 2. The van der Waals surface area contributed by atoms with Crippen molar-refractivity contribution in [2.24, 2.45) is 5.92 Å². The highest BCUT2D eigenvalue weighted by molar-refractivity contribution is 7.92. The number of nitrogens with zero attached hydrogens (tertiary/aromatic N) is 2. The minimum atomic E-state index is -4.07. The van der Waals surface area contributed by atoms with E-state index in [1.165, 1.54) is 17.0 Å². The Morgan fingerprint density at radius 3 is 2.16 bits per heavy atom. The first-order valence-corrected chi connectivity index (χ1v) is 14.2. The molecule has 1 N–H and O–H groups in total. The Morgan fingerprint density at radius 2 is 1.53 bits per heavy atom. The standard InChI is InChI=1S/C30H37N3O4S/c1-22(2)19-31-30(35)25(5)32(20-26-14-11-12-23(3)18-26)29(34)21-33(28-17-10-9-13-24(28)4)38(36,37)27-15-7-6-8-16-27/h6-18,22,25H,19-21H2,1-5H3,(H,31,35)/t25-/m0/s1. The van der Waals surface area contributed by atoms with Crippen molar-refractivity contribution in [3.8, 4) is 0 Å². The summed E-state index contributed by atoms with van der Waals surface area (Å²) in [6.07, 6.45) is 0. The van der Waals surface area contributed by atoms with E-state index in [0.717, 1.165) is 15.4 Å². The Balaban J connectivity index is 2.01. The number of nitrogens with one attached hydrogen (secondary N) is 1. The number of rotatable bonds is 11. The Morgan fingerprint density at radius 1 is 0.868 bits per heavy atom. The summed E-state index contributed by atoms with van der Waals surface area (Å²) in [6, 6.07) is 22.0. The minimum Gasteiger partial charge on any atom is -0.354 e. The molecule has 8 heteroatoms. The zero-order valence-corrected chi connectivity index (χ0v) is 23.5. The van der Waals surface area contributed by atoms with Crippen molar-refractivity contribution in [2.45, 2.75) is 52.1 Å². The molecule has 3 rings (SSSR count). The Labute approximate surface area is 226 Å². The van der Waals surface area contributed by atoms with Crippen molar-refractivity contribution in [2.75, 3.05) is 17.4 Å². The molecule has 0 heterocycles. The number of para-hydroxylation sites is 1. The average Bonchev–Trinajstić information content (AvgIpc) is 2.89. The number of sulfonamides is 1. The van der Waals surface area contributed by atoms with Crippen LogP contribution in [-0.4, -0.2) is 44.3 Å². The first kappa shape index (κ1) is 28.9. The molecule has 0 fully saturated rings. The number of amides is 2. The molecule has 0 spiro atoms. The second kappa shape index (κ2) is 12.7. The van der Waals surface area contributed by atoms with Gasteiger partial charge in [0.2, 0.25) is 11.8 Å². The molecule has 0 saturated carbocycles. The van der Waals surface area contributed by atoms with E-state index in [1.54, 1.807) is 50.2 Å². The fraction of sp³-hybridized carbons (Fsp3) is 0.333. The van der Waals surface area contributed by atoms with Gasteiger partial charge in [-0.15, -0.1) is 0 Å². The molecule has 0 aromatic heterocycles. The van der Waals surface area contributed by atoms with E-state index in [-0.39, 0.29) is 23.3 Å². The number of carbonyl (C=O) groups excluding carboxylic acids is 2. The Kier molecular flexibility index (Phi) is 9.69. The highest BCUT2D eigenvalue weighted by Crippen LogP contribution is 2.27. The third-order valence-electron chi connectivity index (χ3n) is 6.28. The maximum Gasteiger partial charge on any atom is 0.264 e. The highest BCUT2D eigenvalue weighted by atomic mass is 32.2. The molecule has 0 aliphatic carbocycles. The molecule has 0 aliphatic heterocycles. The van der Waals surface area contributed by atoms with E-state index in [2.05, 4.69) is 5.32 Å². The lowest BCUT2D eigenvalue weighted by Crippen LogP contribution is -2.51. The number of aryl methyl sites for hydroxylation is 2. The largest absolute Gasteiger partial charge is 0.354 e. The van der Waals surface area contributed by atoms with Gasteiger partial charge in [0.05, 0.1) is 10.6 Å². The topological polar surface area (TPSA) is 86.8 Å². The Bertz CT molecular complexity index is 1360. The molecule has 1 atom stereocenters. The average molecular weight is 536 g/mol. The van der Waals surface area contributed by atoms with Crippen LogP contribution in [0.25, 0.3) is 0 Å². The van der Waals surface area contributed by atoms with Crippen LogP contribution < -0.4 is 9.62 Å². The fourth-order valence-corrected chi connectivity index (χ4v) is 5.62. The lowest BCUT2D eigenvalue weighted by molar-refractivity contribution is -0.139. The molecule has 38 heavy (non-hydrogen) atoms. The molecule has 0 radical (unpaired) electrons. The molecule has 0 aliphatic rings. The zero-order valence-electron chi connectivity index (χ0n) is 22.7. The molecule has 2 amide bonds. The summed E-state index contributed by atoms with van der Waals surface area (Å²) >= 11 is 0. The summed E-state index contributed by atoms with van der Waals surface area (Å²) in [5.74, 6) is -0.505. The van der Waals surface area contributed by atoms with Crippen molar-refractivity contribution in [3.63, 3.8) is 0 Å². The van der Waals surface area contributed by atoms with E-state index in [0.29, 0.717) is 17.8 Å². The lowest BCUT2D eigenvalue weighted by atomic mass is 10.1. The third kappa shape index (κ3) is 7.22. The maximum atomic E-state index is 13.9. The SMILES string of the molecule is Cc1cccc(CN(C(=O)CN(c2ccccc2C)S(=O)(=O)c2ccccc2)[C@@H](C)C(=O)NCC(C)C)c1. The quantitative estimate of drug-likeness (QED) is 0.386. The second-order valence-electron chi connectivity index (χ2n) is 9.94. The van der Waals surface area contributed by atoms with Gasteiger partial charge in [-0.25, -0.2) is 8.42 Å². The second-order valence-corrected chi connectivity index (χ2v) is 11.8. The van der Waals surface area contributed by atoms with Crippen molar-refractivity contribution >= 4 is 27.5 Å². The van der Waals surface area contributed by atoms with Crippen molar-refractivity contribution in [1.82, 2.24) is 10.2 Å². The molecule has 0 saturated heterocycles. The molecule has 202 valence electrons. The summed E-state index contributed by atoms with van der Waals surface area (Å²) in [5.41, 5.74) is 3.01. The summed E-state index contributed by atoms with van der Waals surface area (Å²) in [6.45, 7) is 9.63. The van der Waals surface area contributed by atoms with E-state index >= 15 is 0 Å². The Hall–Kier alpha value is -3.65. The zero-order chi connectivity index (χ0) is 27.9. The summed E-state index contributed by atoms with van der Waals surface area (Å²) in [4.78, 5) is 28.5. The van der Waals surface area contributed by atoms with Gasteiger partial charge in [0.1, 0.15) is 12.6 Å². The van der Waals surface area contributed by atoms with Crippen LogP contribution in [0.4, 0.5) is 5.69 Å².